The fraction of sp³-hybridized carbons (Fsp3) is 0.211. The van der Waals surface area contributed by atoms with Crippen molar-refractivity contribution in [3.05, 3.63) is 58.1 Å². The smallest absolute Gasteiger partial charge is 0.230 e. The van der Waals surface area contributed by atoms with Crippen LogP contribution in [0.1, 0.15) is 18.5 Å². The van der Waals surface area contributed by atoms with Gasteiger partial charge in [0.15, 0.2) is 5.82 Å². The lowest BCUT2D eigenvalue weighted by Gasteiger charge is -2.15. The van der Waals surface area contributed by atoms with Crippen molar-refractivity contribution in [3.63, 3.8) is 0 Å². The highest BCUT2D eigenvalue weighted by atomic mass is 35.5. The van der Waals surface area contributed by atoms with Crippen LogP contribution in [0.15, 0.2) is 47.6 Å². The minimum absolute atomic E-state index is 0.122. The van der Waals surface area contributed by atoms with Gasteiger partial charge in [-0.2, -0.15) is 0 Å². The Kier molecular flexibility index (Phi) is 6.89. The van der Waals surface area contributed by atoms with Crippen LogP contribution in [0.2, 0.25) is 10.0 Å². The number of hydrogen-bond donors (Lipinski definition) is 2. The Hall–Kier alpha value is -2.42. The summed E-state index contributed by atoms with van der Waals surface area (Å²) in [4.78, 5) is 12.3. The minimum atomic E-state index is -0.271. The van der Waals surface area contributed by atoms with E-state index in [1.165, 1.54) is 16.4 Å². The van der Waals surface area contributed by atoms with Crippen LogP contribution in [0.4, 0.5) is 0 Å². The predicted octanol–water partition coefficient (Wildman–Crippen LogP) is 3.94. The number of amides is 1. The Morgan fingerprint density at radius 3 is 2.76 bits per heavy atom. The average molecular weight is 452 g/mol. The number of methoxy groups -OCH3 is 1. The molecule has 0 fully saturated rings. The highest BCUT2D eigenvalue weighted by molar-refractivity contribution is 7.99. The van der Waals surface area contributed by atoms with Gasteiger partial charge in [-0.25, -0.2) is 4.68 Å². The highest BCUT2D eigenvalue weighted by Gasteiger charge is 2.18. The average Bonchev–Trinajstić information content (AvgIpc) is 3.06. The second-order valence-electron chi connectivity index (χ2n) is 6.12. The minimum Gasteiger partial charge on any atom is -0.496 e. The molecular weight excluding hydrogens is 433 g/mol. The van der Waals surface area contributed by atoms with Crippen LogP contribution in [0.25, 0.3) is 11.4 Å². The Balaban J connectivity index is 1.64. The lowest BCUT2D eigenvalue weighted by molar-refractivity contribution is -0.119. The molecule has 29 heavy (non-hydrogen) atoms. The Morgan fingerprint density at radius 2 is 2.03 bits per heavy atom. The van der Waals surface area contributed by atoms with E-state index in [0.717, 1.165) is 5.56 Å². The van der Waals surface area contributed by atoms with Gasteiger partial charge in [0.05, 0.1) is 24.5 Å². The Bertz CT molecular complexity index is 1030. The lowest BCUT2D eigenvalue weighted by Crippen LogP contribution is -2.28. The monoisotopic (exact) mass is 451 g/mol. The molecule has 0 bridgehead atoms. The molecular formula is C19H19Cl2N5O2S. The number of nitrogens with two attached hydrogens (primary N) is 1. The molecule has 1 atom stereocenters. The van der Waals surface area contributed by atoms with Gasteiger partial charge >= 0.3 is 0 Å². The Morgan fingerprint density at radius 1 is 1.28 bits per heavy atom. The van der Waals surface area contributed by atoms with Crippen molar-refractivity contribution in [2.75, 3.05) is 18.7 Å². The van der Waals surface area contributed by atoms with E-state index in [1.54, 1.807) is 25.3 Å². The number of thioether (sulfide) groups is 1. The molecule has 2 aromatic carbocycles. The van der Waals surface area contributed by atoms with Gasteiger partial charge in [-0.05, 0) is 36.8 Å². The quantitative estimate of drug-likeness (QED) is 0.417. The van der Waals surface area contributed by atoms with Crippen LogP contribution in [-0.4, -0.2) is 33.6 Å². The van der Waals surface area contributed by atoms with Crippen molar-refractivity contribution in [2.45, 2.75) is 18.1 Å². The summed E-state index contributed by atoms with van der Waals surface area (Å²) in [5.74, 6) is 7.15. The van der Waals surface area contributed by atoms with E-state index in [-0.39, 0.29) is 17.7 Å². The standard InChI is InChI=1S/C19H19Cl2N5O2S/c1-11(13-8-7-12(20)9-15(13)21)23-17(27)10-29-19-25-24-18(26(19)22)14-5-3-4-6-16(14)28-2/h3-9,11H,10,22H2,1-2H3,(H,23,27). The van der Waals surface area contributed by atoms with Gasteiger partial charge in [0.2, 0.25) is 11.1 Å². The second kappa shape index (κ2) is 9.39. The summed E-state index contributed by atoms with van der Waals surface area (Å²) in [7, 11) is 1.57. The van der Waals surface area contributed by atoms with Gasteiger partial charge in [0.25, 0.3) is 0 Å². The van der Waals surface area contributed by atoms with Crippen LogP contribution in [0.5, 0.6) is 5.75 Å². The highest BCUT2D eigenvalue weighted by Crippen LogP contribution is 2.29. The zero-order chi connectivity index (χ0) is 21.0. The first kappa shape index (κ1) is 21.3. The van der Waals surface area contributed by atoms with E-state index in [0.29, 0.717) is 32.3 Å². The number of benzene rings is 2. The third kappa shape index (κ3) is 4.95. The molecule has 3 aromatic rings. The summed E-state index contributed by atoms with van der Waals surface area (Å²) < 4.78 is 6.68. The summed E-state index contributed by atoms with van der Waals surface area (Å²) in [5, 5.41) is 12.6. The molecule has 10 heteroatoms. The van der Waals surface area contributed by atoms with Gasteiger partial charge < -0.3 is 15.9 Å². The van der Waals surface area contributed by atoms with Crippen molar-refractivity contribution in [1.29, 1.82) is 0 Å². The van der Waals surface area contributed by atoms with Crippen LogP contribution < -0.4 is 15.9 Å². The third-order valence-corrected chi connectivity index (χ3v) is 5.66. The number of rotatable bonds is 7. The molecule has 7 nitrogen and oxygen atoms in total. The van der Waals surface area contributed by atoms with Crippen molar-refractivity contribution in [3.8, 4) is 17.1 Å². The fourth-order valence-corrected chi connectivity index (χ4v) is 3.97. The topological polar surface area (TPSA) is 95.1 Å². The van der Waals surface area contributed by atoms with E-state index in [4.69, 9.17) is 33.8 Å². The van der Waals surface area contributed by atoms with E-state index in [2.05, 4.69) is 15.5 Å². The number of carbonyl (C=O) groups excluding carboxylic acids is 1. The molecule has 1 unspecified atom stereocenters. The van der Waals surface area contributed by atoms with Crippen molar-refractivity contribution < 1.29 is 9.53 Å². The summed E-state index contributed by atoms with van der Waals surface area (Å²) in [6.07, 6.45) is 0. The molecule has 0 spiro atoms. The summed E-state index contributed by atoms with van der Waals surface area (Å²) in [6.45, 7) is 1.85. The van der Waals surface area contributed by atoms with E-state index >= 15 is 0 Å². The van der Waals surface area contributed by atoms with Crippen molar-refractivity contribution in [1.82, 2.24) is 20.2 Å². The molecule has 1 aromatic heterocycles. The van der Waals surface area contributed by atoms with Gasteiger partial charge in [-0.15, -0.1) is 10.2 Å². The van der Waals surface area contributed by atoms with E-state index in [1.807, 2.05) is 31.2 Å². The molecule has 1 heterocycles. The summed E-state index contributed by atoms with van der Waals surface area (Å²) in [5.41, 5.74) is 1.50. The largest absolute Gasteiger partial charge is 0.496 e. The van der Waals surface area contributed by atoms with Gasteiger partial charge in [0.1, 0.15) is 5.75 Å². The first-order valence-electron chi connectivity index (χ1n) is 8.61. The van der Waals surface area contributed by atoms with E-state index < -0.39 is 0 Å². The molecule has 0 saturated carbocycles. The van der Waals surface area contributed by atoms with Gasteiger partial charge in [-0.3, -0.25) is 4.79 Å². The normalized spacial score (nSPS) is 11.9. The maximum atomic E-state index is 12.3. The van der Waals surface area contributed by atoms with Gasteiger partial charge in [-0.1, -0.05) is 53.2 Å². The van der Waals surface area contributed by atoms with Crippen LogP contribution in [0.3, 0.4) is 0 Å². The molecule has 3 rings (SSSR count). The first-order valence-corrected chi connectivity index (χ1v) is 10.4. The molecule has 0 saturated heterocycles. The SMILES string of the molecule is COc1ccccc1-c1nnc(SCC(=O)NC(C)c2ccc(Cl)cc2Cl)n1N. The number of aromatic nitrogens is 3. The predicted molar refractivity (Wildman–Crippen MR) is 116 cm³/mol. The number of nitrogen functional groups attached to an aromatic ring is 1. The Labute approximate surface area is 182 Å². The third-order valence-electron chi connectivity index (χ3n) is 4.15. The number of ether oxygens (including phenoxy) is 1. The van der Waals surface area contributed by atoms with E-state index in [9.17, 15) is 4.79 Å². The number of hydrogen-bond acceptors (Lipinski definition) is 6. The van der Waals surface area contributed by atoms with Crippen molar-refractivity contribution in [2.24, 2.45) is 0 Å². The van der Waals surface area contributed by atoms with Gasteiger partial charge in [0, 0.05) is 10.0 Å². The molecule has 152 valence electrons. The molecule has 0 aliphatic rings. The number of carbonyl (C=O) groups is 1. The number of nitrogens with one attached hydrogen (secondary N) is 1. The van der Waals surface area contributed by atoms with Crippen LogP contribution in [0, 0.1) is 0 Å². The molecule has 0 aliphatic carbocycles. The maximum Gasteiger partial charge on any atom is 0.230 e. The van der Waals surface area contributed by atoms with Crippen LogP contribution in [-0.2, 0) is 4.79 Å². The molecule has 3 N–H and O–H groups in total. The summed E-state index contributed by atoms with van der Waals surface area (Å²) >= 11 is 13.3. The number of halogens is 2. The van der Waals surface area contributed by atoms with Crippen molar-refractivity contribution >= 4 is 40.9 Å². The zero-order valence-corrected chi connectivity index (χ0v) is 18.1. The molecule has 0 radical (unpaired) electrons. The molecule has 0 aliphatic heterocycles. The second-order valence-corrected chi connectivity index (χ2v) is 7.91. The molecule has 1 amide bonds. The number of para-hydroxylation sites is 1. The fourth-order valence-electron chi connectivity index (χ4n) is 2.73. The summed E-state index contributed by atoms with van der Waals surface area (Å²) in [6, 6.07) is 12.3. The number of nitrogens with zero attached hydrogens (tertiary/aromatic N) is 3. The maximum absolute atomic E-state index is 12.3. The first-order chi connectivity index (χ1) is 13.9. The zero-order valence-electron chi connectivity index (χ0n) is 15.7. The van der Waals surface area contributed by atoms with Crippen LogP contribution >= 0.6 is 35.0 Å². The lowest BCUT2D eigenvalue weighted by atomic mass is 10.1.